The van der Waals surface area contributed by atoms with Crippen molar-refractivity contribution in [3.63, 3.8) is 0 Å². The molecule has 1 saturated carbocycles. The zero-order chi connectivity index (χ0) is 12.5. The summed E-state index contributed by atoms with van der Waals surface area (Å²) >= 11 is 3.80. The van der Waals surface area contributed by atoms with Crippen LogP contribution in [0.15, 0.2) is 0 Å². The Morgan fingerprint density at radius 3 is 2.65 bits per heavy atom. The van der Waals surface area contributed by atoms with Gasteiger partial charge in [0.25, 0.3) is 0 Å². The average Bonchev–Trinajstić information content (AvgIpc) is 2.34. The zero-order valence-corrected chi connectivity index (χ0v) is 12.7. The summed E-state index contributed by atoms with van der Waals surface area (Å²) in [6.45, 7) is 3.46. The third kappa shape index (κ3) is 6.18. The van der Waals surface area contributed by atoms with Crippen LogP contribution in [0.2, 0.25) is 0 Å². The lowest BCUT2D eigenvalue weighted by atomic mass is 9.94. The SMILES string of the molecule is COCCCOCCN(C)C1CCCCC1Br. The van der Waals surface area contributed by atoms with Crippen LogP contribution >= 0.6 is 15.9 Å². The second kappa shape index (κ2) is 9.31. The molecule has 0 bridgehead atoms. The van der Waals surface area contributed by atoms with Crippen LogP contribution in [-0.2, 0) is 9.47 Å². The molecule has 0 radical (unpaired) electrons. The van der Waals surface area contributed by atoms with E-state index in [-0.39, 0.29) is 0 Å². The van der Waals surface area contributed by atoms with Crippen molar-refractivity contribution in [3.05, 3.63) is 0 Å². The summed E-state index contributed by atoms with van der Waals surface area (Å²) in [5.41, 5.74) is 0. The molecule has 0 N–H and O–H groups in total. The standard InChI is InChI=1S/C13H26BrNO2/c1-15(8-11-17-10-5-9-16-2)13-7-4-3-6-12(13)14/h12-13H,3-11H2,1-2H3. The molecule has 1 aliphatic carbocycles. The molecule has 0 aromatic carbocycles. The number of alkyl halides is 1. The van der Waals surface area contributed by atoms with Crippen molar-refractivity contribution in [2.75, 3.05) is 40.5 Å². The van der Waals surface area contributed by atoms with Gasteiger partial charge in [-0.15, -0.1) is 0 Å². The first-order valence-corrected chi connectivity index (χ1v) is 7.58. The summed E-state index contributed by atoms with van der Waals surface area (Å²) in [5, 5.41) is 0. The maximum atomic E-state index is 5.60. The average molecular weight is 308 g/mol. The van der Waals surface area contributed by atoms with Crippen molar-refractivity contribution >= 4 is 15.9 Å². The molecule has 0 aromatic heterocycles. The van der Waals surface area contributed by atoms with Crippen molar-refractivity contribution in [1.82, 2.24) is 4.90 Å². The van der Waals surface area contributed by atoms with Crippen molar-refractivity contribution in [3.8, 4) is 0 Å². The van der Waals surface area contributed by atoms with Gasteiger partial charge >= 0.3 is 0 Å². The van der Waals surface area contributed by atoms with Crippen molar-refractivity contribution in [2.24, 2.45) is 0 Å². The van der Waals surface area contributed by atoms with Crippen LogP contribution in [0, 0.1) is 0 Å². The van der Waals surface area contributed by atoms with Gasteiger partial charge in [-0.2, -0.15) is 0 Å². The van der Waals surface area contributed by atoms with Gasteiger partial charge in [0.1, 0.15) is 0 Å². The number of hydrogen-bond donors (Lipinski definition) is 0. The van der Waals surface area contributed by atoms with Crippen LogP contribution in [0.4, 0.5) is 0 Å². The molecule has 0 spiro atoms. The van der Waals surface area contributed by atoms with E-state index in [9.17, 15) is 0 Å². The molecule has 0 aromatic rings. The van der Waals surface area contributed by atoms with E-state index in [1.54, 1.807) is 7.11 Å². The number of methoxy groups -OCH3 is 1. The highest BCUT2D eigenvalue weighted by atomic mass is 79.9. The number of nitrogens with zero attached hydrogens (tertiary/aromatic N) is 1. The molecule has 2 atom stereocenters. The van der Waals surface area contributed by atoms with E-state index < -0.39 is 0 Å². The van der Waals surface area contributed by atoms with Gasteiger partial charge in [0.05, 0.1) is 6.61 Å². The van der Waals surface area contributed by atoms with E-state index in [1.165, 1.54) is 25.7 Å². The lowest BCUT2D eigenvalue weighted by Crippen LogP contribution is -2.42. The van der Waals surface area contributed by atoms with E-state index in [0.717, 1.165) is 32.8 Å². The van der Waals surface area contributed by atoms with Gasteiger partial charge in [0, 0.05) is 37.7 Å². The fourth-order valence-electron chi connectivity index (χ4n) is 2.34. The maximum Gasteiger partial charge on any atom is 0.0593 e. The van der Waals surface area contributed by atoms with Gasteiger partial charge < -0.3 is 14.4 Å². The van der Waals surface area contributed by atoms with Crippen molar-refractivity contribution in [2.45, 2.75) is 43.0 Å². The highest BCUT2D eigenvalue weighted by Gasteiger charge is 2.25. The van der Waals surface area contributed by atoms with Gasteiger partial charge in [0.15, 0.2) is 0 Å². The van der Waals surface area contributed by atoms with Crippen LogP contribution in [0.1, 0.15) is 32.1 Å². The minimum absolute atomic E-state index is 0.662. The van der Waals surface area contributed by atoms with Crippen molar-refractivity contribution < 1.29 is 9.47 Å². The Kier molecular flexibility index (Phi) is 8.44. The van der Waals surface area contributed by atoms with E-state index in [1.807, 2.05) is 0 Å². The normalized spacial score (nSPS) is 25.4. The van der Waals surface area contributed by atoms with Gasteiger partial charge in [-0.05, 0) is 26.3 Å². The molecular weight excluding hydrogens is 282 g/mol. The molecule has 3 nitrogen and oxygen atoms in total. The van der Waals surface area contributed by atoms with E-state index in [0.29, 0.717) is 10.9 Å². The minimum Gasteiger partial charge on any atom is -0.385 e. The first-order chi connectivity index (χ1) is 8.25. The number of ether oxygens (including phenoxy) is 2. The van der Waals surface area contributed by atoms with Crippen LogP contribution in [0.25, 0.3) is 0 Å². The number of likely N-dealkylation sites (N-methyl/N-ethyl adjacent to an activating group) is 1. The Hall–Kier alpha value is 0.360. The molecule has 0 saturated heterocycles. The topological polar surface area (TPSA) is 21.7 Å². The third-order valence-corrected chi connectivity index (χ3v) is 4.51. The summed E-state index contributed by atoms with van der Waals surface area (Å²) in [5.74, 6) is 0. The Labute approximate surface area is 114 Å². The highest BCUT2D eigenvalue weighted by molar-refractivity contribution is 9.09. The van der Waals surface area contributed by atoms with Crippen LogP contribution < -0.4 is 0 Å². The quantitative estimate of drug-likeness (QED) is 0.508. The number of halogens is 1. The Bertz CT molecular complexity index is 192. The van der Waals surface area contributed by atoms with Gasteiger partial charge in [0.2, 0.25) is 0 Å². The number of rotatable bonds is 8. The summed E-state index contributed by atoms with van der Waals surface area (Å²) in [7, 11) is 3.94. The fourth-order valence-corrected chi connectivity index (χ4v) is 3.34. The van der Waals surface area contributed by atoms with Crippen molar-refractivity contribution in [1.29, 1.82) is 0 Å². The first-order valence-electron chi connectivity index (χ1n) is 6.66. The lowest BCUT2D eigenvalue weighted by molar-refractivity contribution is 0.0761. The molecule has 1 rings (SSSR count). The second-order valence-electron chi connectivity index (χ2n) is 4.81. The number of hydrogen-bond acceptors (Lipinski definition) is 3. The monoisotopic (exact) mass is 307 g/mol. The Morgan fingerprint density at radius 1 is 1.18 bits per heavy atom. The van der Waals surface area contributed by atoms with E-state index >= 15 is 0 Å². The summed E-state index contributed by atoms with van der Waals surface area (Å²) < 4.78 is 10.6. The molecule has 0 aliphatic heterocycles. The van der Waals surface area contributed by atoms with Gasteiger partial charge in [-0.25, -0.2) is 0 Å². The minimum atomic E-state index is 0.662. The first kappa shape index (κ1) is 15.4. The predicted octanol–water partition coefficient (Wildman–Crippen LogP) is 2.68. The Balaban J connectivity index is 2.05. The highest BCUT2D eigenvalue weighted by Crippen LogP contribution is 2.27. The predicted molar refractivity (Wildman–Crippen MR) is 74.9 cm³/mol. The van der Waals surface area contributed by atoms with Crippen LogP contribution in [0.3, 0.4) is 0 Å². The largest absolute Gasteiger partial charge is 0.385 e. The molecule has 4 heteroatoms. The third-order valence-electron chi connectivity index (χ3n) is 3.44. The molecule has 17 heavy (non-hydrogen) atoms. The summed E-state index contributed by atoms with van der Waals surface area (Å²) in [4.78, 5) is 3.10. The van der Waals surface area contributed by atoms with E-state index in [4.69, 9.17) is 9.47 Å². The van der Waals surface area contributed by atoms with E-state index in [2.05, 4.69) is 27.9 Å². The summed E-state index contributed by atoms with van der Waals surface area (Å²) in [6.07, 6.45) is 6.35. The maximum absolute atomic E-state index is 5.60. The molecule has 0 heterocycles. The van der Waals surface area contributed by atoms with Crippen LogP contribution in [-0.4, -0.2) is 56.3 Å². The molecular formula is C13H26BrNO2. The van der Waals surface area contributed by atoms with Gasteiger partial charge in [-0.3, -0.25) is 0 Å². The zero-order valence-electron chi connectivity index (χ0n) is 11.2. The molecule has 0 amide bonds. The molecule has 1 aliphatic rings. The summed E-state index contributed by atoms with van der Waals surface area (Å²) in [6, 6.07) is 0.686. The molecule has 102 valence electrons. The molecule has 2 unspecified atom stereocenters. The Morgan fingerprint density at radius 2 is 1.94 bits per heavy atom. The second-order valence-corrected chi connectivity index (χ2v) is 5.98. The van der Waals surface area contributed by atoms with Gasteiger partial charge in [-0.1, -0.05) is 28.8 Å². The smallest absolute Gasteiger partial charge is 0.0593 e. The molecule has 1 fully saturated rings. The lowest BCUT2D eigenvalue weighted by Gasteiger charge is -2.35. The fraction of sp³-hybridized carbons (Fsp3) is 1.00. The van der Waals surface area contributed by atoms with Crippen LogP contribution in [0.5, 0.6) is 0 Å².